The van der Waals surface area contributed by atoms with Gasteiger partial charge in [-0.05, 0) is 234 Å². The molecule has 0 aliphatic rings. The van der Waals surface area contributed by atoms with E-state index in [1.807, 2.05) is 0 Å². The van der Waals surface area contributed by atoms with E-state index in [1.54, 1.807) is 118 Å². The molecule has 2 aromatic heterocycles. The molecule has 0 radical (unpaired) electrons. The molecule has 0 atom stereocenters. The van der Waals surface area contributed by atoms with E-state index in [0.717, 1.165) is 48.5 Å². The van der Waals surface area contributed by atoms with Crippen molar-refractivity contribution in [1.29, 1.82) is 5.26 Å². The van der Waals surface area contributed by atoms with E-state index in [1.165, 1.54) is 77.1 Å². The molecule has 0 unspecified atom stereocenters. The van der Waals surface area contributed by atoms with Crippen molar-refractivity contribution in [3.05, 3.63) is 261 Å². The number of hydrogen-bond acceptors (Lipinski definition) is 1. The van der Waals surface area contributed by atoms with Crippen LogP contribution in [0.3, 0.4) is 0 Å². The van der Waals surface area contributed by atoms with Crippen molar-refractivity contribution in [1.82, 2.24) is 9.13 Å². The molecule has 18 heteroatoms. The molecular weight excluding hydrogens is 1250 g/mol. The summed E-state index contributed by atoms with van der Waals surface area (Å²) in [5.41, 5.74) is 1.96. The van der Waals surface area contributed by atoms with E-state index in [9.17, 15) is 71.1 Å². The van der Waals surface area contributed by atoms with Gasteiger partial charge in [-0.1, -0.05) is 83.9 Å². The summed E-state index contributed by atoms with van der Waals surface area (Å²) in [5, 5.41) is 12.4. The summed E-state index contributed by atoms with van der Waals surface area (Å²) in [7, 11) is 0. The molecule has 0 saturated carbocycles. The number of alkyl halides is 15. The smallest absolute Gasteiger partial charge is 0.309 e. The second kappa shape index (κ2) is 22.6. The Morgan fingerprint density at radius 2 is 0.642 bits per heavy atom. The topological polar surface area (TPSA) is 33.6 Å². The molecule has 0 bridgehead atoms. The van der Waals surface area contributed by atoms with Gasteiger partial charge in [0.15, 0.2) is 0 Å². The summed E-state index contributed by atoms with van der Waals surface area (Å²) in [4.78, 5) is 0. The molecule has 476 valence electrons. The van der Waals surface area contributed by atoms with Gasteiger partial charge in [-0.15, -0.1) is 0 Å². The van der Waals surface area contributed by atoms with Crippen LogP contribution in [0, 0.1) is 45.9 Å². The molecule has 0 amide bonds. The lowest BCUT2D eigenvalue weighted by Crippen LogP contribution is -2.07. The minimum Gasteiger partial charge on any atom is -0.309 e. The highest BCUT2D eigenvalue weighted by Gasteiger charge is 2.37. The summed E-state index contributed by atoms with van der Waals surface area (Å²) < 4.78 is 222. The molecule has 0 N–H and O–H groups in total. The van der Waals surface area contributed by atoms with E-state index < -0.39 is 58.7 Å². The van der Waals surface area contributed by atoms with Gasteiger partial charge >= 0.3 is 30.9 Å². The van der Waals surface area contributed by atoms with E-state index in [-0.39, 0.29) is 66.8 Å². The van der Waals surface area contributed by atoms with E-state index in [4.69, 9.17) is 0 Å². The van der Waals surface area contributed by atoms with Crippen molar-refractivity contribution >= 4 is 43.6 Å². The predicted octanol–water partition coefficient (Wildman–Crippen LogP) is 24.4. The maximum Gasteiger partial charge on any atom is 0.417 e. The number of nitrogens with zero attached hydrogens (tertiary/aromatic N) is 3. The first-order valence-corrected chi connectivity index (χ1v) is 29.5. The number of aromatic nitrogens is 2. The van der Waals surface area contributed by atoms with Gasteiger partial charge < -0.3 is 9.13 Å². The fourth-order valence-electron chi connectivity index (χ4n) is 13.1. The number of rotatable bonds is 8. The number of halogens is 15. The van der Waals surface area contributed by atoms with Gasteiger partial charge in [0.05, 0.1) is 72.9 Å². The Morgan fingerprint density at radius 3 is 1.02 bits per heavy atom. The van der Waals surface area contributed by atoms with Crippen LogP contribution >= 0.6 is 0 Å². The van der Waals surface area contributed by atoms with Gasteiger partial charge in [0.2, 0.25) is 0 Å². The van der Waals surface area contributed by atoms with Crippen molar-refractivity contribution in [3.63, 3.8) is 0 Å². The van der Waals surface area contributed by atoms with E-state index >= 15 is 0 Å². The summed E-state index contributed by atoms with van der Waals surface area (Å²) in [5.74, 6) is 0. The Kier molecular flexibility index (Phi) is 15.0. The maximum atomic E-state index is 15.0. The molecule has 0 saturated heterocycles. The van der Waals surface area contributed by atoms with Gasteiger partial charge in [0, 0.05) is 32.7 Å². The predicted molar refractivity (Wildman–Crippen MR) is 341 cm³/mol. The van der Waals surface area contributed by atoms with Crippen molar-refractivity contribution < 1.29 is 65.9 Å². The molecule has 95 heavy (non-hydrogen) atoms. The molecule has 0 fully saturated rings. The Bertz CT molecular complexity index is 5370. The second-order valence-electron chi connectivity index (χ2n) is 23.9. The third kappa shape index (κ3) is 11.5. The van der Waals surface area contributed by atoms with Crippen LogP contribution < -0.4 is 0 Å². The van der Waals surface area contributed by atoms with Crippen LogP contribution in [0.5, 0.6) is 0 Å². The number of aryl methyl sites for hydroxylation is 5. The van der Waals surface area contributed by atoms with E-state index in [2.05, 4.69) is 6.07 Å². The highest BCUT2D eigenvalue weighted by atomic mass is 19.4. The van der Waals surface area contributed by atoms with Crippen molar-refractivity contribution in [2.75, 3.05) is 0 Å². The van der Waals surface area contributed by atoms with E-state index in [0.29, 0.717) is 88.4 Å². The zero-order valence-corrected chi connectivity index (χ0v) is 50.6. The summed E-state index contributed by atoms with van der Waals surface area (Å²) in [6.45, 7) is 7.59. The van der Waals surface area contributed by atoms with Gasteiger partial charge in [-0.2, -0.15) is 71.1 Å². The van der Waals surface area contributed by atoms with Crippen LogP contribution in [0.25, 0.3) is 122 Å². The average Bonchev–Trinajstić information content (AvgIpc) is 1.59. The lowest BCUT2D eigenvalue weighted by atomic mass is 9.93. The number of nitriles is 1. The minimum absolute atomic E-state index is 0.0965. The number of hydrogen-bond donors (Lipinski definition) is 0. The molecular formula is C77H48F15N3. The van der Waals surface area contributed by atoms with Crippen LogP contribution in [0.15, 0.2) is 200 Å². The molecule has 13 rings (SSSR count). The van der Waals surface area contributed by atoms with Crippen molar-refractivity contribution in [2.24, 2.45) is 0 Å². The van der Waals surface area contributed by atoms with Gasteiger partial charge in [-0.3, -0.25) is 0 Å². The van der Waals surface area contributed by atoms with Gasteiger partial charge in [-0.25, -0.2) is 0 Å². The van der Waals surface area contributed by atoms with Crippen LogP contribution in [-0.4, -0.2) is 9.13 Å². The molecule has 0 spiro atoms. The highest BCUT2D eigenvalue weighted by molar-refractivity contribution is 6.14. The Balaban J connectivity index is 1.13. The number of fused-ring (bicyclic) bond motifs is 6. The van der Waals surface area contributed by atoms with Gasteiger partial charge in [0.1, 0.15) is 0 Å². The fourth-order valence-corrected chi connectivity index (χ4v) is 13.1. The Hall–Kier alpha value is -10.5. The molecule has 11 aromatic carbocycles. The standard InChI is InChI=1S/C77H48F15N3/c1-40-6-16-57(65(28-40)76(87,88)89)49-12-24-71-63(37-49)61-35-47(55-18-14-52(30-43(55)4)73(78,79)80)10-22-69(61)94(71)67-20-8-45(39-93)32-59(67)60-34-46(51-26-42(3)27-54(33-51)75(84,85)86)9-21-68(60)95-70-23-11-48(56-19-15-53(31-44(56)5)74(81,82)83)36-62(70)64-38-50(13-25-72(64)95)58-17-7-41(2)29-66(58)77(90,91)92/h6-38H,1-5H3. The molecule has 3 nitrogen and oxygen atoms in total. The molecule has 2 heterocycles. The Morgan fingerprint density at radius 1 is 0.274 bits per heavy atom. The second-order valence-corrected chi connectivity index (χ2v) is 23.9. The van der Waals surface area contributed by atoms with Crippen LogP contribution in [0.4, 0.5) is 65.9 Å². The third-order valence-corrected chi connectivity index (χ3v) is 17.5. The summed E-state index contributed by atoms with van der Waals surface area (Å²) >= 11 is 0. The normalized spacial score (nSPS) is 12.6. The SMILES string of the molecule is Cc1cc(-c2ccc(-n3c4ccc(-c5ccc(C(F)(F)F)cc5C)cc4c4cc(-c5ccc(C)cc5C(F)(F)F)ccc43)c(-c3cc(C#N)ccc3-n3c4ccc(-c5ccc(C(F)(F)F)cc5C)cc4c4cc(-c5ccc(C)cc5C(F)(F)F)ccc43)c2)cc(C(F)(F)F)c1. The quantitative estimate of drug-likeness (QED) is 0.140. The lowest BCUT2D eigenvalue weighted by Gasteiger charge is -2.21. The first kappa shape index (κ1) is 63.2. The Labute approximate surface area is 532 Å². The van der Waals surface area contributed by atoms with Crippen LogP contribution in [0.2, 0.25) is 0 Å². The fraction of sp³-hybridized carbons (Fsp3) is 0.130. The average molecular weight is 1300 g/mol. The van der Waals surface area contributed by atoms with Crippen LogP contribution in [0.1, 0.15) is 61.2 Å². The first-order chi connectivity index (χ1) is 44.7. The molecule has 0 aliphatic heterocycles. The number of benzene rings is 11. The lowest BCUT2D eigenvalue weighted by molar-refractivity contribution is -0.138. The first-order valence-electron chi connectivity index (χ1n) is 29.5. The van der Waals surface area contributed by atoms with Crippen molar-refractivity contribution in [2.45, 2.75) is 65.5 Å². The zero-order valence-electron chi connectivity index (χ0n) is 50.6. The van der Waals surface area contributed by atoms with Crippen LogP contribution in [-0.2, 0) is 30.9 Å². The zero-order chi connectivity index (χ0) is 67.7. The maximum absolute atomic E-state index is 15.0. The summed E-state index contributed by atoms with van der Waals surface area (Å²) in [6, 6.07) is 49.5. The third-order valence-electron chi connectivity index (χ3n) is 17.5. The van der Waals surface area contributed by atoms with Crippen molar-refractivity contribution in [3.8, 4) is 84.2 Å². The molecule has 0 aliphatic carbocycles. The summed E-state index contributed by atoms with van der Waals surface area (Å²) in [6.07, 6.45) is -23.7. The monoisotopic (exact) mass is 1300 g/mol. The molecule has 13 aromatic rings. The highest BCUT2D eigenvalue weighted by Crippen LogP contribution is 2.49. The minimum atomic E-state index is -4.80. The largest absolute Gasteiger partial charge is 0.417 e. The van der Waals surface area contributed by atoms with Gasteiger partial charge in [0.25, 0.3) is 0 Å².